The summed E-state index contributed by atoms with van der Waals surface area (Å²) in [5.74, 6) is 0.559. The van der Waals surface area contributed by atoms with E-state index >= 15 is 0 Å². The molecule has 0 radical (unpaired) electrons. The molecule has 0 bridgehead atoms. The minimum Gasteiger partial charge on any atom is -0.494 e. The van der Waals surface area contributed by atoms with Crippen LogP contribution in [0.15, 0.2) is 76.5 Å². The summed E-state index contributed by atoms with van der Waals surface area (Å²) in [4.78, 5) is -0.0301. The summed E-state index contributed by atoms with van der Waals surface area (Å²) in [6, 6.07) is 15.8. The van der Waals surface area contributed by atoms with Gasteiger partial charge in [-0.3, -0.25) is 9.44 Å². The Labute approximate surface area is 191 Å². The number of anilines is 2. The molecule has 0 aliphatic heterocycles. The maximum Gasteiger partial charge on any atom is 0.261 e. The van der Waals surface area contributed by atoms with Crippen molar-refractivity contribution in [3.05, 3.63) is 76.8 Å². The second kappa shape index (κ2) is 9.35. The van der Waals surface area contributed by atoms with E-state index in [2.05, 4.69) is 9.44 Å². The first-order valence-corrected chi connectivity index (χ1v) is 12.7. The molecule has 3 aromatic rings. The topological polar surface area (TPSA) is 102 Å². The number of benzene rings is 3. The molecule has 7 nitrogen and oxygen atoms in total. The first kappa shape index (κ1) is 23.2. The zero-order valence-corrected chi connectivity index (χ0v) is 19.3. The van der Waals surface area contributed by atoms with Crippen LogP contribution in [0, 0.1) is 0 Å². The average Bonchev–Trinajstić information content (AvgIpc) is 2.72. The van der Waals surface area contributed by atoms with Crippen molar-refractivity contribution in [2.45, 2.75) is 16.7 Å². The van der Waals surface area contributed by atoms with Crippen LogP contribution in [0.1, 0.15) is 6.92 Å². The van der Waals surface area contributed by atoms with Crippen molar-refractivity contribution in [3.8, 4) is 5.75 Å². The predicted octanol–water partition coefficient (Wildman–Crippen LogP) is 4.99. The summed E-state index contributed by atoms with van der Waals surface area (Å²) in [6.45, 7) is 2.30. The second-order valence-corrected chi connectivity index (χ2v) is 10.4. The maximum atomic E-state index is 12.6. The van der Waals surface area contributed by atoms with Crippen LogP contribution in [0.25, 0.3) is 0 Å². The van der Waals surface area contributed by atoms with Crippen LogP contribution >= 0.6 is 23.2 Å². The number of rotatable bonds is 8. The SMILES string of the molecule is CCOc1ccc(S(=O)(=O)Nc2ccc(S(=O)(=O)Nc3cccc(Cl)c3Cl)cc2)cc1. The van der Waals surface area contributed by atoms with Gasteiger partial charge in [0.15, 0.2) is 0 Å². The second-order valence-electron chi connectivity index (χ2n) is 6.24. The summed E-state index contributed by atoms with van der Waals surface area (Å²) in [5, 5.41) is 0.286. The highest BCUT2D eigenvalue weighted by atomic mass is 35.5. The Morgan fingerprint density at radius 3 is 1.90 bits per heavy atom. The molecule has 3 rings (SSSR count). The Morgan fingerprint density at radius 1 is 0.774 bits per heavy atom. The fourth-order valence-electron chi connectivity index (χ4n) is 2.58. The van der Waals surface area contributed by atoms with E-state index in [0.29, 0.717) is 12.4 Å². The van der Waals surface area contributed by atoms with E-state index in [9.17, 15) is 16.8 Å². The number of halogens is 2. The Kier molecular flexibility index (Phi) is 7.00. The molecule has 2 N–H and O–H groups in total. The van der Waals surface area contributed by atoms with Gasteiger partial charge in [0.05, 0.1) is 32.1 Å². The number of nitrogens with one attached hydrogen (secondary N) is 2. The fourth-order valence-corrected chi connectivity index (χ4v) is 5.12. The predicted molar refractivity (Wildman–Crippen MR) is 122 cm³/mol. The molecule has 3 aromatic carbocycles. The van der Waals surface area contributed by atoms with Crippen LogP contribution in [0.5, 0.6) is 5.75 Å². The molecular weight excluding hydrogens is 483 g/mol. The van der Waals surface area contributed by atoms with Crippen molar-refractivity contribution in [1.29, 1.82) is 0 Å². The van der Waals surface area contributed by atoms with Gasteiger partial charge in [-0.05, 0) is 67.6 Å². The van der Waals surface area contributed by atoms with Crippen molar-refractivity contribution in [1.82, 2.24) is 0 Å². The molecule has 11 heteroatoms. The minimum atomic E-state index is -3.96. The van der Waals surface area contributed by atoms with Gasteiger partial charge in [0, 0.05) is 5.69 Å². The zero-order valence-electron chi connectivity index (χ0n) is 16.2. The molecule has 164 valence electrons. The highest BCUT2D eigenvalue weighted by Gasteiger charge is 2.18. The highest BCUT2D eigenvalue weighted by molar-refractivity contribution is 7.93. The normalized spacial score (nSPS) is 11.7. The average molecular weight is 501 g/mol. The molecule has 0 aromatic heterocycles. The Bertz CT molecular complexity index is 1280. The van der Waals surface area contributed by atoms with Crippen LogP contribution in [0.4, 0.5) is 11.4 Å². The molecule has 0 aliphatic carbocycles. The monoisotopic (exact) mass is 500 g/mol. The van der Waals surface area contributed by atoms with Crippen molar-refractivity contribution in [2.24, 2.45) is 0 Å². The van der Waals surface area contributed by atoms with Crippen LogP contribution in [0.2, 0.25) is 10.0 Å². The van der Waals surface area contributed by atoms with E-state index in [-0.39, 0.29) is 31.2 Å². The van der Waals surface area contributed by atoms with Gasteiger partial charge in [-0.1, -0.05) is 29.3 Å². The lowest BCUT2D eigenvalue weighted by Gasteiger charge is -2.12. The van der Waals surface area contributed by atoms with Gasteiger partial charge in [0.1, 0.15) is 5.75 Å². The third-order valence-electron chi connectivity index (χ3n) is 4.06. The number of hydrogen-bond acceptors (Lipinski definition) is 5. The molecule has 0 spiro atoms. The lowest BCUT2D eigenvalue weighted by molar-refractivity contribution is 0.340. The molecular formula is C20H18Cl2N2O5S2. The third-order valence-corrected chi connectivity index (χ3v) is 7.66. The van der Waals surface area contributed by atoms with Gasteiger partial charge in [-0.2, -0.15) is 0 Å². The summed E-state index contributed by atoms with van der Waals surface area (Å²) >= 11 is 11.9. The largest absolute Gasteiger partial charge is 0.494 e. The van der Waals surface area contributed by atoms with Crippen molar-refractivity contribution < 1.29 is 21.6 Å². The van der Waals surface area contributed by atoms with E-state index < -0.39 is 20.0 Å². The van der Waals surface area contributed by atoms with Gasteiger partial charge >= 0.3 is 0 Å². The molecule has 31 heavy (non-hydrogen) atoms. The van der Waals surface area contributed by atoms with Crippen molar-refractivity contribution in [2.75, 3.05) is 16.1 Å². The van der Waals surface area contributed by atoms with Gasteiger partial charge in [0.25, 0.3) is 20.0 Å². The van der Waals surface area contributed by atoms with E-state index in [1.165, 1.54) is 48.5 Å². The molecule has 0 heterocycles. The van der Waals surface area contributed by atoms with Gasteiger partial charge < -0.3 is 4.74 Å². The molecule has 0 amide bonds. The van der Waals surface area contributed by atoms with E-state index in [1.54, 1.807) is 18.2 Å². The van der Waals surface area contributed by atoms with Crippen LogP contribution in [-0.4, -0.2) is 23.4 Å². The lowest BCUT2D eigenvalue weighted by Crippen LogP contribution is -2.15. The quantitative estimate of drug-likeness (QED) is 0.453. The Morgan fingerprint density at radius 2 is 1.32 bits per heavy atom. The van der Waals surface area contributed by atoms with E-state index in [4.69, 9.17) is 27.9 Å². The molecule has 0 fully saturated rings. The van der Waals surface area contributed by atoms with Crippen molar-refractivity contribution >= 4 is 54.6 Å². The lowest BCUT2D eigenvalue weighted by atomic mass is 10.3. The zero-order chi connectivity index (χ0) is 22.6. The van der Waals surface area contributed by atoms with Crippen LogP contribution in [0.3, 0.4) is 0 Å². The standard InChI is InChI=1S/C20H18Cl2N2O5S2/c1-2-29-15-8-12-17(13-9-15)30(25,26)23-14-6-10-16(11-7-14)31(27,28)24-19-5-3-4-18(21)20(19)22/h3-13,23-24H,2H2,1H3. The Balaban J connectivity index is 1.76. The van der Waals surface area contributed by atoms with E-state index in [1.807, 2.05) is 6.92 Å². The molecule has 0 unspecified atom stereocenters. The fraction of sp³-hybridized carbons (Fsp3) is 0.100. The van der Waals surface area contributed by atoms with Crippen LogP contribution < -0.4 is 14.2 Å². The van der Waals surface area contributed by atoms with Gasteiger partial charge in [-0.25, -0.2) is 16.8 Å². The van der Waals surface area contributed by atoms with E-state index in [0.717, 1.165) is 0 Å². The van der Waals surface area contributed by atoms with Gasteiger partial charge in [0.2, 0.25) is 0 Å². The summed E-state index contributed by atoms with van der Waals surface area (Å²) in [5.41, 5.74) is 0.336. The molecule has 0 aliphatic rings. The maximum absolute atomic E-state index is 12.6. The first-order chi connectivity index (χ1) is 14.6. The summed E-state index contributed by atoms with van der Waals surface area (Å²) in [6.07, 6.45) is 0. The summed E-state index contributed by atoms with van der Waals surface area (Å²) < 4.78 is 60.4. The highest BCUT2D eigenvalue weighted by Crippen LogP contribution is 2.31. The summed E-state index contributed by atoms with van der Waals surface area (Å²) in [7, 11) is -7.81. The molecule has 0 saturated carbocycles. The molecule has 0 atom stereocenters. The van der Waals surface area contributed by atoms with Gasteiger partial charge in [-0.15, -0.1) is 0 Å². The number of hydrogen-bond donors (Lipinski definition) is 2. The minimum absolute atomic E-state index is 0.0462. The number of ether oxygens (including phenoxy) is 1. The van der Waals surface area contributed by atoms with Crippen molar-refractivity contribution in [3.63, 3.8) is 0 Å². The van der Waals surface area contributed by atoms with Crippen LogP contribution in [-0.2, 0) is 20.0 Å². The molecule has 0 saturated heterocycles. The smallest absolute Gasteiger partial charge is 0.261 e. The first-order valence-electron chi connectivity index (χ1n) is 8.95. The third kappa shape index (κ3) is 5.62. The number of sulfonamides is 2. The Hall–Kier alpha value is -2.46.